The van der Waals surface area contributed by atoms with Crippen LogP contribution in [0.2, 0.25) is 0 Å². The summed E-state index contributed by atoms with van der Waals surface area (Å²) >= 11 is 3.51. The van der Waals surface area contributed by atoms with Crippen LogP contribution in [0.15, 0.2) is 77.7 Å². The van der Waals surface area contributed by atoms with Crippen molar-refractivity contribution >= 4 is 21.6 Å². The molecule has 0 amide bonds. The van der Waals surface area contributed by atoms with E-state index in [1.54, 1.807) is 0 Å². The molecule has 7 rings (SSSR count). The van der Waals surface area contributed by atoms with Crippen LogP contribution in [0.5, 0.6) is 5.75 Å². The molecule has 1 saturated carbocycles. The summed E-state index contributed by atoms with van der Waals surface area (Å²) < 4.78 is 9.34. The normalized spacial score (nSPS) is 24.0. The van der Waals surface area contributed by atoms with Gasteiger partial charge in [0, 0.05) is 29.9 Å². The van der Waals surface area contributed by atoms with Crippen molar-refractivity contribution in [2.45, 2.75) is 62.6 Å². The Kier molecular flexibility index (Phi) is 5.82. The zero-order valence-electron chi connectivity index (χ0n) is 20.3. The number of piperidine rings is 1. The minimum Gasteiger partial charge on any atom is -0.493 e. The summed E-state index contributed by atoms with van der Waals surface area (Å²) in [4.78, 5) is 2.83. The number of fused-ring (bicyclic) bond motifs is 3. The quantitative estimate of drug-likeness (QED) is 0.258. The Balaban J connectivity index is 1.11. The minimum atomic E-state index is 0.321. The van der Waals surface area contributed by atoms with E-state index in [2.05, 4.69) is 104 Å². The smallest absolute Gasteiger partial charge is 0.204 e. The van der Waals surface area contributed by atoms with Gasteiger partial charge in [0.25, 0.3) is 0 Å². The molecule has 2 aromatic carbocycles. The summed E-state index contributed by atoms with van der Waals surface area (Å²) in [6.45, 7) is 0.785. The van der Waals surface area contributed by atoms with Crippen LogP contribution in [0.25, 0.3) is 5.65 Å². The van der Waals surface area contributed by atoms with E-state index >= 15 is 0 Å². The van der Waals surface area contributed by atoms with Gasteiger partial charge in [-0.25, -0.2) is 0 Å². The SMILES string of the molecule is Brc1nnc2cc(OC[C@H]3C[C@H]4CC[C@@H](C3)N4C(c3ccccc3)c3ccccc3)c(C3CC3)cn12. The Morgan fingerprint density at radius 2 is 1.50 bits per heavy atom. The van der Waals surface area contributed by atoms with Crippen molar-refractivity contribution in [3.05, 3.63) is 94.4 Å². The van der Waals surface area contributed by atoms with Crippen molar-refractivity contribution in [2.75, 3.05) is 6.61 Å². The first kappa shape index (κ1) is 22.5. The van der Waals surface area contributed by atoms with Gasteiger partial charge in [-0.15, -0.1) is 10.2 Å². The second-order valence-corrected chi connectivity index (χ2v) is 11.5. The molecule has 1 aliphatic carbocycles. The number of hydrogen-bond donors (Lipinski definition) is 0. The zero-order valence-corrected chi connectivity index (χ0v) is 21.9. The molecule has 5 nitrogen and oxygen atoms in total. The highest BCUT2D eigenvalue weighted by Gasteiger charge is 2.45. The van der Waals surface area contributed by atoms with Crippen molar-refractivity contribution in [3.8, 4) is 5.75 Å². The number of nitrogens with zero attached hydrogens (tertiary/aromatic N) is 4. The van der Waals surface area contributed by atoms with E-state index in [1.165, 1.54) is 55.2 Å². The lowest BCUT2D eigenvalue weighted by Crippen LogP contribution is -2.46. The van der Waals surface area contributed by atoms with Crippen molar-refractivity contribution in [1.82, 2.24) is 19.5 Å². The van der Waals surface area contributed by atoms with E-state index in [9.17, 15) is 0 Å². The van der Waals surface area contributed by atoms with Gasteiger partial charge in [0.2, 0.25) is 4.73 Å². The molecule has 0 N–H and O–H groups in total. The molecule has 2 aromatic heterocycles. The average molecular weight is 544 g/mol. The molecule has 2 bridgehead atoms. The topological polar surface area (TPSA) is 42.7 Å². The van der Waals surface area contributed by atoms with Crippen LogP contribution in [0.4, 0.5) is 0 Å². The molecule has 3 fully saturated rings. The fourth-order valence-electron chi connectivity index (χ4n) is 6.63. The van der Waals surface area contributed by atoms with Gasteiger partial charge in [-0.1, -0.05) is 60.7 Å². The first-order valence-electron chi connectivity index (χ1n) is 13.3. The van der Waals surface area contributed by atoms with Gasteiger partial charge in [-0.05, 0) is 77.4 Å². The lowest BCUT2D eigenvalue weighted by molar-refractivity contribution is 0.0561. The molecule has 0 radical (unpaired) electrons. The highest BCUT2D eigenvalue weighted by molar-refractivity contribution is 9.10. The number of benzene rings is 2. The van der Waals surface area contributed by atoms with E-state index in [1.807, 2.05) is 4.40 Å². The van der Waals surface area contributed by atoms with Gasteiger partial charge < -0.3 is 4.74 Å². The fourth-order valence-corrected chi connectivity index (χ4v) is 6.99. The molecule has 4 aromatic rings. The molecule has 6 heteroatoms. The van der Waals surface area contributed by atoms with Gasteiger partial charge in [0.15, 0.2) is 5.65 Å². The number of rotatable bonds is 7. The number of pyridine rings is 1. The molecule has 2 saturated heterocycles. The maximum atomic E-state index is 6.57. The molecule has 4 heterocycles. The van der Waals surface area contributed by atoms with E-state index < -0.39 is 0 Å². The first-order chi connectivity index (χ1) is 17.7. The Labute approximate surface area is 220 Å². The summed E-state index contributed by atoms with van der Waals surface area (Å²) in [6.07, 6.45) is 9.61. The largest absolute Gasteiger partial charge is 0.493 e. The van der Waals surface area contributed by atoms with Gasteiger partial charge >= 0.3 is 0 Å². The Morgan fingerprint density at radius 3 is 2.11 bits per heavy atom. The monoisotopic (exact) mass is 542 g/mol. The van der Waals surface area contributed by atoms with Gasteiger partial charge in [-0.2, -0.15) is 0 Å². The lowest BCUT2D eigenvalue weighted by Gasteiger charge is -2.44. The standard InChI is InChI=1S/C30H31BrN4O/c31-30-33-32-28-17-27(26(18-34(28)30)21-11-12-21)36-19-20-15-24-13-14-25(16-20)35(24)29(22-7-3-1-4-8-22)23-9-5-2-6-10-23/h1-10,17-18,20-21,24-25,29H,11-16,19H2/t20-,24+,25-. The molecule has 3 atom stereocenters. The van der Waals surface area contributed by atoms with E-state index in [-0.39, 0.29) is 0 Å². The number of hydrogen-bond acceptors (Lipinski definition) is 4. The average Bonchev–Trinajstić information content (AvgIpc) is 3.66. The Bertz CT molecular complexity index is 1300. The van der Waals surface area contributed by atoms with E-state index in [0.29, 0.717) is 30.0 Å². The Morgan fingerprint density at radius 1 is 0.861 bits per heavy atom. The van der Waals surface area contributed by atoms with Gasteiger partial charge in [0.05, 0.1) is 12.6 Å². The second kappa shape index (κ2) is 9.31. The van der Waals surface area contributed by atoms with Crippen LogP contribution in [0.1, 0.15) is 67.2 Å². The Hall–Kier alpha value is -2.70. The van der Waals surface area contributed by atoms with Crippen molar-refractivity contribution in [3.63, 3.8) is 0 Å². The summed E-state index contributed by atoms with van der Waals surface area (Å²) in [5.74, 6) is 2.19. The summed E-state index contributed by atoms with van der Waals surface area (Å²) in [5.41, 5.74) is 4.94. The molecule has 3 aliphatic rings. The second-order valence-electron chi connectivity index (χ2n) is 10.8. The summed E-state index contributed by atoms with van der Waals surface area (Å²) in [7, 11) is 0. The molecule has 36 heavy (non-hydrogen) atoms. The van der Waals surface area contributed by atoms with Crippen molar-refractivity contribution in [2.24, 2.45) is 5.92 Å². The van der Waals surface area contributed by atoms with Gasteiger partial charge in [0.1, 0.15) is 5.75 Å². The molecule has 0 spiro atoms. The highest BCUT2D eigenvalue weighted by Crippen LogP contribution is 2.47. The summed E-state index contributed by atoms with van der Waals surface area (Å²) in [6, 6.07) is 25.7. The fraction of sp³-hybridized carbons (Fsp3) is 0.400. The van der Waals surface area contributed by atoms with Crippen molar-refractivity contribution in [1.29, 1.82) is 0 Å². The maximum absolute atomic E-state index is 6.57. The van der Waals surface area contributed by atoms with Crippen LogP contribution < -0.4 is 4.74 Å². The van der Waals surface area contributed by atoms with Gasteiger partial charge in [-0.3, -0.25) is 9.30 Å². The number of aromatic nitrogens is 3. The highest BCUT2D eigenvalue weighted by atomic mass is 79.9. The molecule has 184 valence electrons. The number of ether oxygens (including phenoxy) is 1. The first-order valence-corrected chi connectivity index (χ1v) is 14.1. The van der Waals surface area contributed by atoms with Crippen LogP contribution in [-0.2, 0) is 0 Å². The maximum Gasteiger partial charge on any atom is 0.204 e. The summed E-state index contributed by atoms with van der Waals surface area (Å²) in [5, 5.41) is 8.47. The third-order valence-corrected chi connectivity index (χ3v) is 8.94. The lowest BCUT2D eigenvalue weighted by atomic mass is 9.87. The van der Waals surface area contributed by atoms with Crippen LogP contribution in [-0.4, -0.2) is 38.2 Å². The van der Waals surface area contributed by atoms with Crippen molar-refractivity contribution < 1.29 is 4.74 Å². The van der Waals surface area contributed by atoms with E-state index in [0.717, 1.165) is 22.7 Å². The van der Waals surface area contributed by atoms with Crippen LogP contribution >= 0.6 is 15.9 Å². The zero-order chi connectivity index (χ0) is 24.1. The number of halogens is 1. The van der Waals surface area contributed by atoms with Crippen LogP contribution in [0.3, 0.4) is 0 Å². The molecular formula is C30H31BrN4O. The minimum absolute atomic E-state index is 0.321. The molecule has 2 aliphatic heterocycles. The third kappa shape index (κ3) is 4.14. The predicted octanol–water partition coefficient (Wildman–Crippen LogP) is 6.78. The van der Waals surface area contributed by atoms with E-state index in [4.69, 9.17) is 4.74 Å². The van der Waals surface area contributed by atoms with Crippen LogP contribution in [0, 0.1) is 5.92 Å². The predicted molar refractivity (Wildman–Crippen MR) is 144 cm³/mol. The third-order valence-electron chi connectivity index (χ3n) is 8.40. The molecule has 0 unspecified atom stereocenters. The molecular weight excluding hydrogens is 512 g/mol.